The molecule has 23 heavy (non-hydrogen) atoms. The van der Waals surface area contributed by atoms with E-state index in [2.05, 4.69) is 17.9 Å². The molecule has 7 nitrogen and oxygen atoms in total. The summed E-state index contributed by atoms with van der Waals surface area (Å²) in [6, 6.07) is 5.08. The first-order valence-electron chi connectivity index (χ1n) is 6.80. The molecule has 0 saturated heterocycles. The second-order valence-electron chi connectivity index (χ2n) is 4.92. The zero-order valence-electron chi connectivity index (χ0n) is 12.5. The fourth-order valence-electron chi connectivity index (χ4n) is 1.58. The zero-order chi connectivity index (χ0) is 17.4. The summed E-state index contributed by atoms with van der Waals surface area (Å²) in [6.07, 6.45) is 0. The third-order valence-corrected chi connectivity index (χ3v) is 4.69. The lowest BCUT2D eigenvalue weighted by atomic mass is 10.2. The van der Waals surface area contributed by atoms with Gasteiger partial charge in [-0.1, -0.05) is 19.1 Å². The third-order valence-electron chi connectivity index (χ3n) is 3.04. The number of benzene rings is 1. The minimum atomic E-state index is -1.10. The van der Waals surface area contributed by atoms with Crippen LogP contribution in [0.1, 0.15) is 12.5 Å². The van der Waals surface area contributed by atoms with E-state index in [0.717, 1.165) is 5.56 Å². The molecule has 1 rings (SSSR count). The Hall–Kier alpha value is -1.74. The number of nitrogens with one attached hydrogen (secondary N) is 1. The predicted molar refractivity (Wildman–Crippen MR) is 91.8 cm³/mol. The molecule has 126 valence electrons. The summed E-state index contributed by atoms with van der Waals surface area (Å²) < 4.78 is 0. The monoisotopic (exact) mass is 358 g/mol. The summed E-state index contributed by atoms with van der Waals surface area (Å²) in [4.78, 5) is 33.0. The molecule has 0 aliphatic heterocycles. The molecule has 1 aromatic rings. The Morgan fingerprint density at radius 2 is 2.00 bits per heavy atom. The average Bonchev–Trinajstić information content (AvgIpc) is 2.53. The topological polar surface area (TPSA) is 110 Å². The number of hydrogen-bond acceptors (Lipinski definition) is 6. The number of nitro benzene ring substituents is 1. The predicted octanol–water partition coefficient (Wildman–Crippen LogP) is 1.96. The van der Waals surface area contributed by atoms with Gasteiger partial charge in [0.05, 0.1) is 4.92 Å². The number of thiol groups is 1. The summed E-state index contributed by atoms with van der Waals surface area (Å²) in [5.74, 6) is -0.755. The van der Waals surface area contributed by atoms with Crippen molar-refractivity contribution >= 4 is 42.0 Å². The minimum Gasteiger partial charge on any atom is -0.480 e. The summed E-state index contributed by atoms with van der Waals surface area (Å²) in [5, 5.41) is 22.2. The Morgan fingerprint density at radius 1 is 1.39 bits per heavy atom. The van der Waals surface area contributed by atoms with Crippen molar-refractivity contribution in [1.29, 1.82) is 0 Å². The zero-order valence-corrected chi connectivity index (χ0v) is 14.2. The average molecular weight is 358 g/mol. The van der Waals surface area contributed by atoms with Gasteiger partial charge >= 0.3 is 5.97 Å². The molecule has 9 heteroatoms. The number of amides is 1. The van der Waals surface area contributed by atoms with Gasteiger partial charge in [-0.05, 0) is 5.56 Å². The molecule has 2 atom stereocenters. The van der Waals surface area contributed by atoms with Gasteiger partial charge in [-0.2, -0.15) is 24.4 Å². The largest absolute Gasteiger partial charge is 0.480 e. The summed E-state index contributed by atoms with van der Waals surface area (Å²) in [6.45, 7) is 1.67. The van der Waals surface area contributed by atoms with Crippen molar-refractivity contribution in [2.45, 2.75) is 18.7 Å². The molecule has 0 spiro atoms. The van der Waals surface area contributed by atoms with Crippen molar-refractivity contribution in [3.63, 3.8) is 0 Å². The second kappa shape index (κ2) is 9.41. The van der Waals surface area contributed by atoms with E-state index in [9.17, 15) is 19.7 Å². The lowest BCUT2D eigenvalue weighted by Crippen LogP contribution is -2.45. The first-order valence-corrected chi connectivity index (χ1v) is 8.59. The van der Waals surface area contributed by atoms with Gasteiger partial charge in [0.15, 0.2) is 0 Å². The molecule has 0 aliphatic carbocycles. The van der Waals surface area contributed by atoms with Gasteiger partial charge in [0.2, 0.25) is 5.91 Å². The number of nitro groups is 1. The number of rotatable bonds is 9. The maximum absolute atomic E-state index is 11.7. The van der Waals surface area contributed by atoms with Gasteiger partial charge in [-0.25, -0.2) is 4.79 Å². The summed E-state index contributed by atoms with van der Waals surface area (Å²) in [7, 11) is 0. The van der Waals surface area contributed by atoms with Crippen LogP contribution in [0.5, 0.6) is 0 Å². The van der Waals surface area contributed by atoms with Crippen LogP contribution in [-0.4, -0.2) is 39.5 Å². The van der Waals surface area contributed by atoms with Gasteiger partial charge in [-0.15, -0.1) is 0 Å². The van der Waals surface area contributed by atoms with Gasteiger partial charge in [-0.3, -0.25) is 14.9 Å². The number of hydrogen-bond donors (Lipinski definition) is 3. The molecular weight excluding hydrogens is 340 g/mol. The highest BCUT2D eigenvalue weighted by Gasteiger charge is 2.22. The fraction of sp³-hybridized carbons (Fsp3) is 0.429. The molecule has 0 aliphatic rings. The van der Waals surface area contributed by atoms with E-state index < -0.39 is 16.9 Å². The van der Waals surface area contributed by atoms with Crippen molar-refractivity contribution in [1.82, 2.24) is 5.32 Å². The number of carboxylic acids is 1. The van der Waals surface area contributed by atoms with Crippen LogP contribution in [0.2, 0.25) is 0 Å². The lowest BCUT2D eigenvalue weighted by molar-refractivity contribution is -0.384. The highest BCUT2D eigenvalue weighted by Crippen LogP contribution is 2.17. The van der Waals surface area contributed by atoms with Crippen LogP contribution in [0, 0.1) is 16.0 Å². The van der Waals surface area contributed by atoms with E-state index in [0.29, 0.717) is 11.5 Å². The number of nitrogens with zero attached hydrogens (tertiary/aromatic N) is 1. The van der Waals surface area contributed by atoms with Crippen LogP contribution in [0.3, 0.4) is 0 Å². The molecule has 0 fully saturated rings. The molecule has 0 radical (unpaired) electrons. The molecule has 0 aromatic heterocycles. The van der Waals surface area contributed by atoms with E-state index in [4.69, 9.17) is 5.11 Å². The molecule has 0 saturated carbocycles. The quantitative estimate of drug-likeness (QED) is 0.354. The number of aliphatic carboxylic acids is 1. The highest BCUT2D eigenvalue weighted by atomic mass is 32.2. The van der Waals surface area contributed by atoms with Gasteiger partial charge in [0.25, 0.3) is 5.69 Å². The molecule has 2 N–H and O–H groups in total. The van der Waals surface area contributed by atoms with Crippen molar-refractivity contribution in [3.05, 3.63) is 39.9 Å². The van der Waals surface area contributed by atoms with E-state index in [1.165, 1.54) is 23.9 Å². The first-order chi connectivity index (χ1) is 10.8. The maximum atomic E-state index is 11.7. The number of non-ortho nitro benzene ring substituents is 1. The third kappa shape index (κ3) is 6.49. The van der Waals surface area contributed by atoms with Crippen LogP contribution in [0.15, 0.2) is 24.3 Å². The van der Waals surface area contributed by atoms with Crippen LogP contribution in [-0.2, 0) is 15.3 Å². The van der Waals surface area contributed by atoms with E-state index in [-0.39, 0.29) is 23.3 Å². The molecular formula is C14H18N2O5S2. The van der Waals surface area contributed by atoms with Crippen molar-refractivity contribution in [2.24, 2.45) is 5.92 Å². The molecule has 1 amide bonds. The lowest BCUT2D eigenvalue weighted by Gasteiger charge is -2.16. The van der Waals surface area contributed by atoms with E-state index in [1.807, 2.05) is 0 Å². The summed E-state index contributed by atoms with van der Waals surface area (Å²) in [5.41, 5.74) is 0.856. The maximum Gasteiger partial charge on any atom is 0.327 e. The Kier molecular flexibility index (Phi) is 7.90. The number of carboxylic acid groups (broad SMARTS) is 1. The van der Waals surface area contributed by atoms with Crippen molar-refractivity contribution in [3.8, 4) is 0 Å². The first kappa shape index (κ1) is 19.3. The van der Waals surface area contributed by atoms with Crippen molar-refractivity contribution < 1.29 is 19.6 Å². The normalized spacial score (nSPS) is 13.1. The van der Waals surface area contributed by atoms with E-state index in [1.54, 1.807) is 19.1 Å². The molecule has 1 aromatic carbocycles. The fourth-order valence-corrected chi connectivity index (χ4v) is 2.75. The Morgan fingerprint density at radius 3 is 2.48 bits per heavy atom. The smallest absolute Gasteiger partial charge is 0.327 e. The molecule has 0 heterocycles. The van der Waals surface area contributed by atoms with Gasteiger partial charge in [0.1, 0.15) is 6.04 Å². The SMILES string of the molecule is C[C@H](CS)C(=O)N[C@@H](CSCc1ccc([N+](=O)[O-])cc1)C(=O)O. The van der Waals surface area contributed by atoms with Crippen LogP contribution < -0.4 is 5.32 Å². The standard InChI is InChI=1S/C14H18N2O5S2/c1-9(6-22)13(17)15-12(14(18)19)8-23-7-10-2-4-11(5-3-10)16(20)21/h2-5,9,12,22H,6-8H2,1H3,(H,15,17)(H,18,19)/t9-,12+/m1/s1. The number of thioether (sulfide) groups is 1. The van der Waals surface area contributed by atoms with Crippen LogP contribution in [0.25, 0.3) is 0 Å². The summed E-state index contributed by atoms with van der Waals surface area (Å²) >= 11 is 5.34. The number of carbonyl (C=O) groups is 2. The van der Waals surface area contributed by atoms with Crippen LogP contribution in [0.4, 0.5) is 5.69 Å². The highest BCUT2D eigenvalue weighted by molar-refractivity contribution is 7.98. The Bertz CT molecular complexity index is 565. The van der Waals surface area contributed by atoms with Crippen LogP contribution >= 0.6 is 24.4 Å². The van der Waals surface area contributed by atoms with Gasteiger partial charge < -0.3 is 10.4 Å². The Labute approximate surface area is 143 Å². The minimum absolute atomic E-state index is 0.00942. The van der Waals surface area contributed by atoms with E-state index >= 15 is 0 Å². The second-order valence-corrected chi connectivity index (χ2v) is 6.32. The van der Waals surface area contributed by atoms with Crippen molar-refractivity contribution in [2.75, 3.05) is 11.5 Å². The molecule has 0 bridgehead atoms. The van der Waals surface area contributed by atoms with Gasteiger partial charge in [0, 0.05) is 35.3 Å². The molecule has 0 unspecified atom stereocenters. The number of carbonyl (C=O) groups excluding carboxylic acids is 1. The Balaban J connectivity index is 2.51.